The molecule has 12 nitrogen and oxygen atoms in total. The first-order valence-electron chi connectivity index (χ1n) is 16.9. The number of nitrogen functional groups attached to an aromatic ring is 1. The van der Waals surface area contributed by atoms with Crippen LogP contribution in [-0.4, -0.2) is 96.9 Å². The smallest absolute Gasteiger partial charge is 0.241 e. The van der Waals surface area contributed by atoms with Gasteiger partial charge in [-0.3, -0.25) is 24.6 Å². The Morgan fingerprint density at radius 3 is 2.65 bits per heavy atom. The Morgan fingerprint density at radius 1 is 1.14 bits per heavy atom. The normalized spacial score (nSPS) is 19.1. The first-order valence-corrected chi connectivity index (χ1v) is 18.2. The van der Waals surface area contributed by atoms with Crippen LogP contribution in [0.15, 0.2) is 67.1 Å². The molecule has 2 amide bonds. The predicted molar refractivity (Wildman–Crippen MR) is 196 cm³/mol. The summed E-state index contributed by atoms with van der Waals surface area (Å²) in [6.07, 6.45) is 10.5. The van der Waals surface area contributed by atoms with E-state index in [9.17, 15) is 14.0 Å². The van der Waals surface area contributed by atoms with Gasteiger partial charge < -0.3 is 20.7 Å². The molecule has 2 aromatic heterocycles. The maximum Gasteiger partial charge on any atom is 0.241 e. The van der Waals surface area contributed by atoms with Crippen LogP contribution in [0.4, 0.5) is 15.8 Å². The van der Waals surface area contributed by atoms with E-state index in [4.69, 9.17) is 15.9 Å². The van der Waals surface area contributed by atoms with E-state index < -0.39 is 4.75 Å². The highest BCUT2D eigenvalue weighted by atomic mass is 32.2. The van der Waals surface area contributed by atoms with Gasteiger partial charge in [-0.15, -0.1) is 11.8 Å². The van der Waals surface area contributed by atoms with Crippen molar-refractivity contribution in [2.75, 3.05) is 50.0 Å². The van der Waals surface area contributed by atoms with Crippen molar-refractivity contribution >= 4 is 46.2 Å². The van der Waals surface area contributed by atoms with Gasteiger partial charge in [0, 0.05) is 68.0 Å². The number of thioether (sulfide) groups is 1. The van der Waals surface area contributed by atoms with Crippen LogP contribution in [0.1, 0.15) is 42.4 Å². The Kier molecular flexibility index (Phi) is 9.62. The number of nitrogens with zero attached hydrogens (tertiary/aromatic N) is 6. The quantitative estimate of drug-likeness (QED) is 0.150. The molecule has 2 fully saturated rings. The summed E-state index contributed by atoms with van der Waals surface area (Å²) < 4.78 is 21.5. The lowest BCUT2D eigenvalue weighted by atomic mass is 9.98. The summed E-state index contributed by atoms with van der Waals surface area (Å²) in [5.41, 5.74) is 10.6. The molecule has 4 N–H and O–H groups in total. The number of aromatic nitrogens is 4. The molecule has 1 atom stereocenters. The molecule has 4 aromatic rings. The lowest BCUT2D eigenvalue weighted by Crippen LogP contribution is -2.45. The number of amides is 2. The lowest BCUT2D eigenvalue weighted by Gasteiger charge is -2.29. The number of aryl methyl sites for hydroxylation is 1. The van der Waals surface area contributed by atoms with E-state index >= 15 is 0 Å². The fourth-order valence-corrected chi connectivity index (χ4v) is 7.29. The molecule has 0 bridgehead atoms. The number of benzene rings is 2. The Bertz CT molecular complexity index is 2010. The highest BCUT2D eigenvalue weighted by molar-refractivity contribution is 8.00. The van der Waals surface area contributed by atoms with E-state index in [1.54, 1.807) is 54.5 Å². The van der Waals surface area contributed by atoms with Gasteiger partial charge >= 0.3 is 0 Å². The summed E-state index contributed by atoms with van der Waals surface area (Å²) in [7, 11) is 1.74. The van der Waals surface area contributed by atoms with Crippen LogP contribution < -0.4 is 15.8 Å². The Labute approximate surface area is 299 Å². The summed E-state index contributed by atoms with van der Waals surface area (Å²) in [4.78, 5) is 39.4. The minimum atomic E-state index is -0.743. The van der Waals surface area contributed by atoms with Crippen LogP contribution in [-0.2, 0) is 16.6 Å². The molecule has 2 aromatic carbocycles. The zero-order valence-electron chi connectivity index (χ0n) is 28.6. The zero-order valence-corrected chi connectivity index (χ0v) is 29.4. The van der Waals surface area contributed by atoms with Crippen molar-refractivity contribution < 1.29 is 18.7 Å². The van der Waals surface area contributed by atoms with Gasteiger partial charge in [0.2, 0.25) is 17.7 Å². The van der Waals surface area contributed by atoms with Crippen molar-refractivity contribution in [2.24, 2.45) is 7.05 Å². The molecule has 2 aliphatic heterocycles. The van der Waals surface area contributed by atoms with Crippen LogP contribution in [0.5, 0.6) is 5.88 Å². The van der Waals surface area contributed by atoms with Gasteiger partial charge in [0.25, 0.3) is 0 Å². The average molecular weight is 710 g/mol. The van der Waals surface area contributed by atoms with Gasteiger partial charge in [-0.25, -0.2) is 14.4 Å². The standard InChI is InChI=1S/C37H40FN9O3S/c1-45-22-42-35(44-45)28-8-3-24(17-30(28)38)23-11-14-47(15-12-23)33(48)20-46-16-13-37(21-46,51-2)36(49)43-26-5-9-31(39)29(18-26)34(40)25-4-10-32(41-19-25)50-27-6-7-27/h3-5,8-11,17-19,22,27,40H,6-7,12-16,20-21,39H2,1-2H3,(H,43,49)/t37-/m0/s1. The summed E-state index contributed by atoms with van der Waals surface area (Å²) >= 11 is 1.48. The van der Waals surface area contributed by atoms with Gasteiger partial charge in [-0.1, -0.05) is 12.1 Å². The number of hydrogen-bond donors (Lipinski definition) is 3. The number of nitrogens with two attached hydrogens (primary N) is 1. The minimum absolute atomic E-state index is 0.00585. The van der Waals surface area contributed by atoms with Gasteiger partial charge in [0.05, 0.1) is 17.8 Å². The summed E-state index contributed by atoms with van der Waals surface area (Å²) in [6.45, 7) is 2.21. The number of carbonyl (C=O) groups excluding carboxylic acids is 2. The third kappa shape index (κ3) is 7.52. The summed E-state index contributed by atoms with van der Waals surface area (Å²) in [6, 6.07) is 13.7. The van der Waals surface area contributed by atoms with Crippen LogP contribution >= 0.6 is 11.8 Å². The van der Waals surface area contributed by atoms with Crippen molar-refractivity contribution in [1.29, 1.82) is 5.41 Å². The third-order valence-electron chi connectivity index (χ3n) is 9.63. The molecule has 1 saturated heterocycles. The second-order valence-electron chi connectivity index (χ2n) is 13.2. The molecular formula is C37H40FN9O3S. The number of pyridine rings is 1. The maximum atomic E-state index is 14.9. The Morgan fingerprint density at radius 2 is 1.98 bits per heavy atom. The van der Waals surface area contributed by atoms with Gasteiger partial charge in [0.1, 0.15) is 23.0 Å². The van der Waals surface area contributed by atoms with E-state index in [2.05, 4.69) is 20.4 Å². The van der Waals surface area contributed by atoms with E-state index in [1.165, 1.54) is 28.8 Å². The first-order chi connectivity index (χ1) is 24.6. The van der Waals surface area contributed by atoms with Crippen molar-refractivity contribution in [3.8, 4) is 17.3 Å². The zero-order chi connectivity index (χ0) is 35.7. The molecule has 0 radical (unpaired) electrons. The van der Waals surface area contributed by atoms with Crippen molar-refractivity contribution in [2.45, 2.75) is 36.5 Å². The second-order valence-corrected chi connectivity index (χ2v) is 14.4. The molecular weight excluding hydrogens is 670 g/mol. The molecule has 3 aliphatic rings. The molecule has 51 heavy (non-hydrogen) atoms. The molecule has 1 saturated carbocycles. The lowest BCUT2D eigenvalue weighted by molar-refractivity contribution is -0.132. The molecule has 14 heteroatoms. The van der Waals surface area contributed by atoms with Gasteiger partial charge in [0.15, 0.2) is 5.82 Å². The number of anilines is 2. The number of ether oxygens (including phenoxy) is 1. The van der Waals surface area contributed by atoms with Crippen molar-refractivity contribution in [3.63, 3.8) is 0 Å². The fourth-order valence-electron chi connectivity index (χ4n) is 6.45. The van der Waals surface area contributed by atoms with Crippen LogP contribution in [0.25, 0.3) is 17.0 Å². The predicted octanol–water partition coefficient (Wildman–Crippen LogP) is 4.62. The van der Waals surface area contributed by atoms with Gasteiger partial charge in [-0.2, -0.15) is 5.10 Å². The molecule has 0 spiro atoms. The SMILES string of the molecule is CS[C@@]1(C(=O)Nc2ccc(N)c(C(=N)c3ccc(OC4CC4)nc3)c2)CCN(CC(=O)N2CC=C(c3ccc(-c4ncn(C)n4)c(F)c3)CC2)C1. The maximum absolute atomic E-state index is 14.9. The minimum Gasteiger partial charge on any atom is -0.474 e. The number of rotatable bonds is 11. The van der Waals surface area contributed by atoms with Crippen LogP contribution in [0, 0.1) is 11.2 Å². The molecule has 264 valence electrons. The highest BCUT2D eigenvalue weighted by Gasteiger charge is 2.45. The average Bonchev–Trinajstić information content (AvgIpc) is 3.69. The first kappa shape index (κ1) is 34.4. The van der Waals surface area contributed by atoms with Crippen LogP contribution in [0.3, 0.4) is 0 Å². The largest absolute Gasteiger partial charge is 0.474 e. The second kappa shape index (κ2) is 14.3. The molecule has 0 unspecified atom stereocenters. The van der Waals surface area contributed by atoms with Crippen molar-refractivity contribution in [3.05, 3.63) is 89.6 Å². The number of nitrogens with one attached hydrogen (secondary N) is 2. The number of halogens is 1. The molecule has 7 rings (SSSR count). The number of carbonyl (C=O) groups is 2. The molecule has 4 heterocycles. The summed E-state index contributed by atoms with van der Waals surface area (Å²) in [5.74, 6) is 0.330. The molecule has 1 aliphatic carbocycles. The highest BCUT2D eigenvalue weighted by Crippen LogP contribution is 2.36. The van der Waals surface area contributed by atoms with E-state index in [0.29, 0.717) is 78.8 Å². The Balaban J connectivity index is 0.943. The summed E-state index contributed by atoms with van der Waals surface area (Å²) in [5, 5.41) is 16.0. The topological polar surface area (TPSA) is 155 Å². The van der Waals surface area contributed by atoms with E-state index in [-0.39, 0.29) is 36.0 Å². The Hall–Kier alpha value is -5.08. The number of likely N-dealkylation sites (tertiary alicyclic amines) is 1. The van der Waals surface area contributed by atoms with Crippen LogP contribution in [0.2, 0.25) is 0 Å². The monoisotopic (exact) mass is 709 g/mol. The third-order valence-corrected chi connectivity index (χ3v) is 10.9. The van der Waals surface area contributed by atoms with Crippen molar-refractivity contribution in [1.82, 2.24) is 29.5 Å². The number of hydrogen-bond acceptors (Lipinski definition) is 10. The van der Waals surface area contributed by atoms with Gasteiger partial charge in [-0.05, 0) is 79.5 Å². The van der Waals surface area contributed by atoms with E-state index in [0.717, 1.165) is 24.0 Å². The van der Waals surface area contributed by atoms with E-state index in [1.807, 2.05) is 23.3 Å². The fraction of sp³-hybridized carbons (Fsp3) is 0.351.